The van der Waals surface area contributed by atoms with Gasteiger partial charge in [-0.2, -0.15) is 0 Å². The van der Waals surface area contributed by atoms with Crippen molar-refractivity contribution in [2.45, 2.75) is 25.2 Å². The number of nitrogens with zero attached hydrogens (tertiary/aromatic N) is 2. The summed E-state index contributed by atoms with van der Waals surface area (Å²) >= 11 is 1.30. The van der Waals surface area contributed by atoms with E-state index in [0.29, 0.717) is 54.8 Å². The third kappa shape index (κ3) is 4.96. The maximum absolute atomic E-state index is 13.5. The van der Waals surface area contributed by atoms with Crippen LogP contribution in [0.2, 0.25) is 0 Å². The van der Waals surface area contributed by atoms with Crippen LogP contribution in [0, 0.1) is 6.92 Å². The van der Waals surface area contributed by atoms with E-state index in [0.717, 1.165) is 16.9 Å². The van der Waals surface area contributed by atoms with Crippen LogP contribution in [0.1, 0.15) is 29.3 Å². The first-order valence-electron chi connectivity index (χ1n) is 11.0. The first-order valence-corrected chi connectivity index (χ1v) is 11.8. The Bertz CT molecular complexity index is 1070. The van der Waals surface area contributed by atoms with Gasteiger partial charge in [-0.05, 0) is 49.7 Å². The second kappa shape index (κ2) is 10.2. The molecule has 33 heavy (non-hydrogen) atoms. The molecule has 0 atom stereocenters. The highest BCUT2D eigenvalue weighted by Crippen LogP contribution is 2.39. The minimum atomic E-state index is -0.426. The average Bonchev–Trinajstić information content (AvgIpc) is 3.08. The van der Waals surface area contributed by atoms with Gasteiger partial charge in [-0.15, -0.1) is 0 Å². The molecule has 2 aliphatic heterocycles. The van der Waals surface area contributed by atoms with Crippen molar-refractivity contribution in [3.05, 3.63) is 70.3 Å². The van der Waals surface area contributed by atoms with Gasteiger partial charge in [0, 0.05) is 18.0 Å². The van der Waals surface area contributed by atoms with Crippen molar-refractivity contribution < 1.29 is 23.9 Å². The summed E-state index contributed by atoms with van der Waals surface area (Å²) in [4.78, 5) is 43.5. The Hall–Kier alpha value is -3.10. The highest BCUT2D eigenvalue weighted by atomic mass is 32.2. The highest BCUT2D eigenvalue weighted by molar-refractivity contribution is 8.04. The molecular formula is C25H26N2O5S. The molecule has 0 aromatic heterocycles. The quantitative estimate of drug-likeness (QED) is 0.454. The van der Waals surface area contributed by atoms with E-state index >= 15 is 0 Å². The number of imide groups is 1. The smallest absolute Gasteiger partial charge is 0.338 e. The van der Waals surface area contributed by atoms with E-state index in [2.05, 4.69) is 0 Å². The molecule has 4 rings (SSSR count). The third-order valence-corrected chi connectivity index (χ3v) is 6.46. The lowest BCUT2D eigenvalue weighted by Crippen LogP contribution is -2.40. The molecule has 2 heterocycles. The summed E-state index contributed by atoms with van der Waals surface area (Å²) in [5.41, 5.74) is 2.32. The number of carbonyl (C=O) groups excluding carboxylic acids is 3. The molecule has 2 amide bonds. The maximum atomic E-state index is 13.5. The Kier molecular flexibility index (Phi) is 7.15. The lowest BCUT2D eigenvalue weighted by atomic mass is 10.2. The molecule has 8 heteroatoms. The van der Waals surface area contributed by atoms with Crippen molar-refractivity contribution in [2.75, 3.05) is 37.8 Å². The molecule has 0 unspecified atom stereocenters. The number of rotatable bonds is 7. The van der Waals surface area contributed by atoms with Gasteiger partial charge < -0.3 is 14.4 Å². The Morgan fingerprint density at radius 2 is 1.67 bits per heavy atom. The molecule has 0 spiro atoms. The zero-order valence-electron chi connectivity index (χ0n) is 18.7. The van der Waals surface area contributed by atoms with Crippen molar-refractivity contribution in [3.8, 4) is 0 Å². The first kappa shape index (κ1) is 23.1. The van der Waals surface area contributed by atoms with E-state index in [-0.39, 0.29) is 11.8 Å². The Balaban J connectivity index is 1.63. The second-order valence-electron chi connectivity index (χ2n) is 7.82. The molecule has 0 radical (unpaired) electrons. The van der Waals surface area contributed by atoms with Crippen LogP contribution in [0.15, 0.2) is 64.0 Å². The molecule has 172 valence electrons. The largest absolute Gasteiger partial charge is 0.462 e. The minimum Gasteiger partial charge on any atom is -0.462 e. The molecule has 0 bridgehead atoms. The number of amides is 2. The summed E-state index contributed by atoms with van der Waals surface area (Å²) in [6.45, 7) is 6.36. The highest BCUT2D eigenvalue weighted by Gasteiger charge is 2.42. The van der Waals surface area contributed by atoms with E-state index in [4.69, 9.17) is 9.47 Å². The Labute approximate surface area is 197 Å². The standard InChI is InChI=1S/C25H26N2O5S/c1-3-14-32-25(30)18-6-8-19(9-7-18)27-23(28)21(26-12-15-31-16-13-26)22(24(27)29)33-20-10-4-17(2)5-11-20/h4-11H,3,12-16H2,1-2H3. The molecule has 2 aliphatic rings. The first-order chi connectivity index (χ1) is 16.0. The van der Waals surface area contributed by atoms with Crippen LogP contribution in [-0.2, 0) is 19.1 Å². The van der Waals surface area contributed by atoms with Crippen molar-refractivity contribution >= 4 is 35.2 Å². The molecule has 1 fully saturated rings. The van der Waals surface area contributed by atoms with E-state index < -0.39 is 5.97 Å². The van der Waals surface area contributed by atoms with Crippen molar-refractivity contribution in [1.29, 1.82) is 0 Å². The molecule has 0 N–H and O–H groups in total. The van der Waals surface area contributed by atoms with Gasteiger partial charge in [0.1, 0.15) is 10.6 Å². The monoisotopic (exact) mass is 466 g/mol. The van der Waals surface area contributed by atoms with E-state index in [1.165, 1.54) is 16.7 Å². The van der Waals surface area contributed by atoms with Gasteiger partial charge >= 0.3 is 5.97 Å². The number of morpholine rings is 1. The number of thioether (sulfide) groups is 1. The van der Waals surface area contributed by atoms with Gasteiger partial charge in [-0.3, -0.25) is 9.59 Å². The van der Waals surface area contributed by atoms with Gasteiger partial charge in [0.2, 0.25) is 0 Å². The number of benzene rings is 2. The van der Waals surface area contributed by atoms with Crippen LogP contribution < -0.4 is 4.90 Å². The summed E-state index contributed by atoms with van der Waals surface area (Å²) in [6, 6.07) is 14.2. The molecule has 7 nitrogen and oxygen atoms in total. The number of esters is 1. The summed E-state index contributed by atoms with van der Waals surface area (Å²) in [5.74, 6) is -1.16. The third-order valence-electron chi connectivity index (χ3n) is 5.38. The molecule has 0 aliphatic carbocycles. The SMILES string of the molecule is CCCOC(=O)c1ccc(N2C(=O)C(Sc3ccc(C)cc3)=C(N3CCOCC3)C2=O)cc1. The van der Waals surface area contributed by atoms with Crippen LogP contribution in [0.5, 0.6) is 0 Å². The Morgan fingerprint density at radius 1 is 1.00 bits per heavy atom. The van der Waals surface area contributed by atoms with Crippen LogP contribution in [-0.4, -0.2) is 55.6 Å². The van der Waals surface area contributed by atoms with Crippen LogP contribution in [0.25, 0.3) is 0 Å². The van der Waals surface area contributed by atoms with E-state index in [1.54, 1.807) is 24.3 Å². The zero-order valence-corrected chi connectivity index (χ0v) is 19.5. The summed E-state index contributed by atoms with van der Waals surface area (Å²) in [5, 5.41) is 0. The minimum absolute atomic E-state index is 0.343. The zero-order chi connectivity index (χ0) is 23.4. The lowest BCUT2D eigenvalue weighted by molar-refractivity contribution is -0.121. The number of aryl methyl sites for hydroxylation is 1. The van der Waals surface area contributed by atoms with Gasteiger partial charge in [0.15, 0.2) is 0 Å². The number of anilines is 1. The van der Waals surface area contributed by atoms with Crippen LogP contribution >= 0.6 is 11.8 Å². The lowest BCUT2D eigenvalue weighted by Gasteiger charge is -2.29. The second-order valence-corrected chi connectivity index (χ2v) is 8.90. The number of hydrogen-bond donors (Lipinski definition) is 0. The fourth-order valence-corrected chi connectivity index (χ4v) is 4.64. The van der Waals surface area contributed by atoms with E-state index in [1.807, 2.05) is 43.0 Å². The predicted octanol–water partition coefficient (Wildman–Crippen LogP) is 3.77. The molecule has 2 aromatic rings. The van der Waals surface area contributed by atoms with Crippen molar-refractivity contribution in [3.63, 3.8) is 0 Å². The number of hydrogen-bond acceptors (Lipinski definition) is 7. The summed E-state index contributed by atoms with van der Waals surface area (Å²) in [7, 11) is 0. The number of ether oxygens (including phenoxy) is 2. The predicted molar refractivity (Wildman–Crippen MR) is 126 cm³/mol. The molecular weight excluding hydrogens is 440 g/mol. The maximum Gasteiger partial charge on any atom is 0.338 e. The molecule has 0 saturated carbocycles. The van der Waals surface area contributed by atoms with Gasteiger partial charge in [0.25, 0.3) is 11.8 Å². The summed E-state index contributed by atoms with van der Waals surface area (Å²) in [6.07, 6.45) is 0.734. The van der Waals surface area contributed by atoms with E-state index in [9.17, 15) is 14.4 Å². The fraction of sp³-hybridized carbons (Fsp3) is 0.320. The van der Waals surface area contributed by atoms with Crippen molar-refractivity contribution in [2.24, 2.45) is 0 Å². The van der Waals surface area contributed by atoms with Gasteiger partial charge in [0.05, 0.1) is 31.1 Å². The average molecular weight is 467 g/mol. The normalized spacial score (nSPS) is 16.5. The fourth-order valence-electron chi connectivity index (χ4n) is 3.64. The van der Waals surface area contributed by atoms with Crippen LogP contribution in [0.3, 0.4) is 0 Å². The molecule has 2 aromatic carbocycles. The Morgan fingerprint density at radius 3 is 2.30 bits per heavy atom. The van der Waals surface area contributed by atoms with Gasteiger partial charge in [-0.25, -0.2) is 9.69 Å². The van der Waals surface area contributed by atoms with Crippen molar-refractivity contribution in [1.82, 2.24) is 4.90 Å². The summed E-state index contributed by atoms with van der Waals surface area (Å²) < 4.78 is 10.6. The van der Waals surface area contributed by atoms with Gasteiger partial charge in [-0.1, -0.05) is 36.4 Å². The number of carbonyl (C=O) groups is 3. The molecule has 1 saturated heterocycles. The topological polar surface area (TPSA) is 76.2 Å². The van der Waals surface area contributed by atoms with Crippen LogP contribution in [0.4, 0.5) is 5.69 Å².